The molecule has 25 heavy (non-hydrogen) atoms. The molecule has 0 bridgehead atoms. The summed E-state index contributed by atoms with van der Waals surface area (Å²) < 4.78 is 6.02. The number of rotatable bonds is 0. The summed E-state index contributed by atoms with van der Waals surface area (Å²) in [4.78, 5) is 11.9. The molecule has 1 spiro atoms. The number of hydrogen-bond donors (Lipinski definition) is 1. The molecule has 5 aliphatic rings. The highest BCUT2D eigenvalue weighted by Gasteiger charge is 2.66. The van der Waals surface area contributed by atoms with Crippen LogP contribution in [0, 0.1) is 28.6 Å². The van der Waals surface area contributed by atoms with Crippen LogP contribution < -0.4 is 0 Å². The standard InChI is InChI=1S/C22H32O3/c1-20-9-5-15(23)13-14(20)3-4-16-17(20)6-10-21(2)18(16)7-11-22(21)12-8-19(24)25-22/h13,15-18,23H,3-12H2,1-2H3/t15-,16+,17-,18+,20-,21+,22+/m1/s1. The van der Waals surface area contributed by atoms with Crippen molar-refractivity contribution in [1.29, 1.82) is 0 Å². The van der Waals surface area contributed by atoms with E-state index in [1.54, 1.807) is 0 Å². The highest BCUT2D eigenvalue weighted by atomic mass is 16.6. The molecule has 3 saturated carbocycles. The quantitative estimate of drug-likeness (QED) is 0.524. The molecule has 4 aliphatic carbocycles. The summed E-state index contributed by atoms with van der Waals surface area (Å²) in [5, 5.41) is 10.1. The van der Waals surface area contributed by atoms with E-state index in [4.69, 9.17) is 4.74 Å². The van der Waals surface area contributed by atoms with Crippen molar-refractivity contribution in [3.8, 4) is 0 Å². The van der Waals surface area contributed by atoms with Gasteiger partial charge >= 0.3 is 5.97 Å². The van der Waals surface area contributed by atoms with Gasteiger partial charge in [0.25, 0.3) is 0 Å². The first-order valence-corrected chi connectivity index (χ1v) is 10.5. The molecule has 1 aliphatic heterocycles. The van der Waals surface area contributed by atoms with Crippen molar-refractivity contribution in [2.75, 3.05) is 0 Å². The molecule has 3 nitrogen and oxygen atoms in total. The average Bonchev–Trinajstić information content (AvgIpc) is 3.10. The van der Waals surface area contributed by atoms with Crippen molar-refractivity contribution in [2.45, 2.75) is 89.8 Å². The molecular formula is C22H32O3. The summed E-state index contributed by atoms with van der Waals surface area (Å²) in [5.41, 5.74) is 1.87. The van der Waals surface area contributed by atoms with Gasteiger partial charge < -0.3 is 9.84 Å². The topological polar surface area (TPSA) is 46.5 Å². The highest BCUT2D eigenvalue weighted by molar-refractivity contribution is 5.72. The Hall–Kier alpha value is -0.830. The van der Waals surface area contributed by atoms with Gasteiger partial charge in [-0.25, -0.2) is 0 Å². The molecule has 0 amide bonds. The van der Waals surface area contributed by atoms with E-state index in [1.165, 1.54) is 31.3 Å². The highest BCUT2D eigenvalue weighted by Crippen LogP contribution is 2.69. The second kappa shape index (κ2) is 5.12. The molecular weight excluding hydrogens is 312 g/mol. The van der Waals surface area contributed by atoms with E-state index < -0.39 is 0 Å². The van der Waals surface area contributed by atoms with Gasteiger partial charge in [-0.3, -0.25) is 4.79 Å². The Morgan fingerprint density at radius 3 is 2.56 bits per heavy atom. The van der Waals surface area contributed by atoms with Crippen LogP contribution in [-0.2, 0) is 9.53 Å². The predicted molar refractivity (Wildman–Crippen MR) is 95.8 cm³/mol. The maximum Gasteiger partial charge on any atom is 0.306 e. The van der Waals surface area contributed by atoms with Crippen LogP contribution >= 0.6 is 0 Å². The van der Waals surface area contributed by atoms with Crippen molar-refractivity contribution in [1.82, 2.24) is 0 Å². The Labute approximate surface area is 151 Å². The fourth-order valence-electron chi connectivity index (χ4n) is 8.00. The minimum atomic E-state index is -0.221. The van der Waals surface area contributed by atoms with Crippen LogP contribution in [0.25, 0.3) is 0 Å². The molecule has 0 aromatic rings. The van der Waals surface area contributed by atoms with E-state index in [-0.39, 0.29) is 23.1 Å². The number of ether oxygens (including phenoxy) is 1. The van der Waals surface area contributed by atoms with Crippen molar-refractivity contribution in [2.24, 2.45) is 28.6 Å². The number of aliphatic hydroxyl groups is 1. The van der Waals surface area contributed by atoms with Gasteiger partial charge in [-0.2, -0.15) is 0 Å². The summed E-state index contributed by atoms with van der Waals surface area (Å²) in [6, 6.07) is 0. The lowest BCUT2D eigenvalue weighted by molar-refractivity contribution is -0.168. The van der Waals surface area contributed by atoms with Crippen LogP contribution in [0.4, 0.5) is 0 Å². The number of carbonyl (C=O) groups excluding carboxylic acids is 1. The summed E-state index contributed by atoms with van der Waals surface area (Å²) in [6.07, 6.45) is 12.8. The average molecular weight is 344 g/mol. The lowest BCUT2D eigenvalue weighted by atomic mass is 9.46. The molecule has 0 aromatic heterocycles. The molecule has 0 radical (unpaired) electrons. The summed E-state index contributed by atoms with van der Waals surface area (Å²) in [6.45, 7) is 4.92. The second-order valence-electron chi connectivity index (χ2n) is 10.1. The van der Waals surface area contributed by atoms with E-state index in [9.17, 15) is 9.90 Å². The van der Waals surface area contributed by atoms with Crippen molar-refractivity contribution < 1.29 is 14.6 Å². The number of allylic oxidation sites excluding steroid dienone is 1. The van der Waals surface area contributed by atoms with Crippen molar-refractivity contribution in [3.63, 3.8) is 0 Å². The Morgan fingerprint density at radius 1 is 1.00 bits per heavy atom. The van der Waals surface area contributed by atoms with Gasteiger partial charge in [0.2, 0.25) is 0 Å². The number of fused-ring (bicyclic) bond motifs is 6. The van der Waals surface area contributed by atoms with Gasteiger partial charge in [-0.15, -0.1) is 0 Å². The van der Waals surface area contributed by atoms with E-state index >= 15 is 0 Å². The largest absolute Gasteiger partial charge is 0.458 e. The third-order valence-corrected chi connectivity index (χ3v) is 9.42. The number of carbonyl (C=O) groups is 1. The smallest absolute Gasteiger partial charge is 0.306 e. The molecule has 138 valence electrons. The van der Waals surface area contributed by atoms with Gasteiger partial charge in [0.05, 0.1) is 6.10 Å². The maximum atomic E-state index is 11.9. The number of esters is 1. The fraction of sp³-hybridized carbons (Fsp3) is 0.864. The summed E-state index contributed by atoms with van der Waals surface area (Å²) in [7, 11) is 0. The van der Waals surface area contributed by atoms with Gasteiger partial charge in [0.15, 0.2) is 0 Å². The number of hydrogen-bond acceptors (Lipinski definition) is 3. The Morgan fingerprint density at radius 2 is 1.80 bits per heavy atom. The van der Waals surface area contributed by atoms with E-state index in [0.717, 1.165) is 43.9 Å². The SMILES string of the molecule is C[C@]12CC[C@@H]3[C@H](CCC4=C[C@H](O)CC[C@]43C)[C@@H]1CC[C@]21CCC(=O)O1. The van der Waals surface area contributed by atoms with Crippen LogP contribution in [0.5, 0.6) is 0 Å². The fourth-order valence-corrected chi connectivity index (χ4v) is 8.00. The zero-order chi connectivity index (χ0) is 17.4. The zero-order valence-electron chi connectivity index (χ0n) is 15.7. The lowest BCUT2D eigenvalue weighted by Crippen LogP contribution is -2.54. The van der Waals surface area contributed by atoms with Gasteiger partial charge in [0.1, 0.15) is 5.60 Å². The Balaban J connectivity index is 1.48. The van der Waals surface area contributed by atoms with Crippen molar-refractivity contribution in [3.05, 3.63) is 11.6 Å². The lowest BCUT2D eigenvalue weighted by Gasteiger charge is -2.59. The first-order valence-electron chi connectivity index (χ1n) is 10.5. The predicted octanol–water partition coefficient (Wildman–Crippen LogP) is 4.39. The molecule has 0 unspecified atom stereocenters. The minimum Gasteiger partial charge on any atom is -0.458 e. The summed E-state index contributed by atoms with van der Waals surface area (Å²) >= 11 is 0. The summed E-state index contributed by atoms with van der Waals surface area (Å²) in [5.74, 6) is 2.27. The third kappa shape index (κ3) is 1.99. The molecule has 4 fully saturated rings. The molecule has 3 heteroatoms. The maximum absolute atomic E-state index is 11.9. The van der Waals surface area contributed by atoms with Crippen LogP contribution in [0.15, 0.2) is 11.6 Å². The molecule has 5 rings (SSSR count). The Bertz CT molecular complexity index is 639. The van der Waals surface area contributed by atoms with Gasteiger partial charge in [-0.1, -0.05) is 25.5 Å². The van der Waals surface area contributed by atoms with Crippen LogP contribution in [0.2, 0.25) is 0 Å². The van der Waals surface area contributed by atoms with E-state index in [1.807, 2.05) is 0 Å². The first-order chi connectivity index (χ1) is 11.9. The van der Waals surface area contributed by atoms with Gasteiger partial charge in [-0.05, 0) is 81.0 Å². The number of aliphatic hydroxyl groups excluding tert-OH is 1. The van der Waals surface area contributed by atoms with Gasteiger partial charge in [0, 0.05) is 11.8 Å². The minimum absolute atomic E-state index is 0.0334. The monoisotopic (exact) mass is 344 g/mol. The molecule has 1 N–H and O–H groups in total. The van der Waals surface area contributed by atoms with E-state index in [0.29, 0.717) is 17.8 Å². The van der Waals surface area contributed by atoms with Crippen LogP contribution in [0.1, 0.15) is 78.1 Å². The first kappa shape index (κ1) is 16.4. The van der Waals surface area contributed by atoms with Crippen LogP contribution in [0.3, 0.4) is 0 Å². The molecule has 1 heterocycles. The third-order valence-electron chi connectivity index (χ3n) is 9.42. The normalized spacial score (nSPS) is 54.5. The molecule has 1 saturated heterocycles. The van der Waals surface area contributed by atoms with E-state index in [2.05, 4.69) is 19.9 Å². The zero-order valence-corrected chi connectivity index (χ0v) is 15.7. The molecule has 0 aromatic carbocycles. The van der Waals surface area contributed by atoms with Crippen molar-refractivity contribution >= 4 is 5.97 Å². The molecule has 7 atom stereocenters. The second-order valence-corrected chi connectivity index (χ2v) is 10.1. The van der Waals surface area contributed by atoms with Crippen LogP contribution in [-0.4, -0.2) is 22.8 Å². The Kier molecular flexibility index (Phi) is 3.35.